The summed E-state index contributed by atoms with van der Waals surface area (Å²) in [5.41, 5.74) is 7.47. The van der Waals surface area contributed by atoms with Gasteiger partial charge < -0.3 is 9.32 Å². The molecule has 2 aromatic rings. The first kappa shape index (κ1) is 16.1. The summed E-state index contributed by atoms with van der Waals surface area (Å²) in [6, 6.07) is 0.510. The molecule has 1 aliphatic rings. The van der Waals surface area contributed by atoms with Gasteiger partial charge in [0.2, 0.25) is 0 Å². The molecule has 1 aromatic carbocycles. The van der Waals surface area contributed by atoms with Gasteiger partial charge in [-0.2, -0.15) is 0 Å². The van der Waals surface area contributed by atoms with Crippen LogP contribution in [0.3, 0.4) is 0 Å². The lowest BCUT2D eigenvalue weighted by Gasteiger charge is -2.41. The van der Waals surface area contributed by atoms with Gasteiger partial charge in [0, 0.05) is 34.8 Å². The predicted molar refractivity (Wildman–Crippen MR) is 96.9 cm³/mol. The molecule has 3 nitrogen and oxygen atoms in total. The fourth-order valence-corrected chi connectivity index (χ4v) is 4.49. The van der Waals surface area contributed by atoms with Crippen LogP contribution in [0.25, 0.3) is 11.0 Å². The Morgan fingerprint density at radius 1 is 1.04 bits per heavy atom. The minimum atomic E-state index is -0.211. The van der Waals surface area contributed by atoms with E-state index in [0.29, 0.717) is 12.0 Å². The summed E-state index contributed by atoms with van der Waals surface area (Å²) in [5, 5.41) is 1.14. The maximum atomic E-state index is 12.2. The van der Waals surface area contributed by atoms with Crippen LogP contribution in [-0.4, -0.2) is 12.6 Å². The van der Waals surface area contributed by atoms with E-state index in [9.17, 15) is 4.79 Å². The molecule has 0 saturated heterocycles. The number of anilines is 1. The molecule has 0 aliphatic carbocycles. The number of benzene rings is 1. The molecule has 2 atom stereocenters. The first-order chi connectivity index (χ1) is 10.8. The van der Waals surface area contributed by atoms with Crippen molar-refractivity contribution in [1.82, 2.24) is 0 Å². The van der Waals surface area contributed by atoms with E-state index in [-0.39, 0.29) is 5.63 Å². The highest BCUT2D eigenvalue weighted by molar-refractivity contribution is 5.94. The van der Waals surface area contributed by atoms with Gasteiger partial charge in [0.1, 0.15) is 5.58 Å². The molecule has 1 aromatic heterocycles. The zero-order valence-electron chi connectivity index (χ0n) is 15.3. The molecule has 23 heavy (non-hydrogen) atoms. The number of hydrogen-bond donors (Lipinski definition) is 0. The third-order valence-corrected chi connectivity index (χ3v) is 5.74. The van der Waals surface area contributed by atoms with E-state index >= 15 is 0 Å². The second-order valence-corrected chi connectivity index (χ2v) is 7.13. The minimum Gasteiger partial charge on any atom is -0.422 e. The van der Waals surface area contributed by atoms with Gasteiger partial charge >= 0.3 is 5.63 Å². The number of nitrogens with zero attached hydrogens (tertiary/aromatic N) is 1. The molecule has 2 heterocycles. The summed E-state index contributed by atoms with van der Waals surface area (Å²) in [5.74, 6) is 0.525. The summed E-state index contributed by atoms with van der Waals surface area (Å²) in [4.78, 5) is 14.6. The van der Waals surface area contributed by atoms with Gasteiger partial charge in [0.05, 0.1) is 0 Å². The maximum Gasteiger partial charge on any atom is 0.339 e. The van der Waals surface area contributed by atoms with Crippen LogP contribution in [0.2, 0.25) is 0 Å². The lowest BCUT2D eigenvalue weighted by atomic mass is 9.81. The van der Waals surface area contributed by atoms with E-state index in [1.807, 2.05) is 13.8 Å². The highest BCUT2D eigenvalue weighted by Crippen LogP contribution is 2.46. The second-order valence-electron chi connectivity index (χ2n) is 7.13. The van der Waals surface area contributed by atoms with Gasteiger partial charge in [-0.1, -0.05) is 6.92 Å². The van der Waals surface area contributed by atoms with Crippen molar-refractivity contribution >= 4 is 16.7 Å². The number of fused-ring (bicyclic) bond motifs is 2. The van der Waals surface area contributed by atoms with Crippen molar-refractivity contribution < 1.29 is 4.42 Å². The molecule has 0 N–H and O–H groups in total. The molecular weight excluding hydrogens is 286 g/mol. The standard InChI is InChI=1S/C20H27NO2/c1-8-21-11(3)9-10(2)16-14(6)17-12(4)13(5)20(22)23-19(17)15(7)18(16)21/h10-11H,8-9H2,1-7H3. The van der Waals surface area contributed by atoms with Crippen LogP contribution in [0.4, 0.5) is 5.69 Å². The van der Waals surface area contributed by atoms with Crippen LogP contribution < -0.4 is 10.5 Å². The molecule has 0 spiro atoms. The van der Waals surface area contributed by atoms with Gasteiger partial charge in [-0.05, 0) is 70.6 Å². The SMILES string of the molecule is CCN1c2c(c(C)c3c(C)c(C)c(=O)oc3c2C)C(C)CC1C. The average molecular weight is 313 g/mol. The Balaban J connectivity index is 2.52. The first-order valence-electron chi connectivity index (χ1n) is 8.63. The third kappa shape index (κ3) is 2.13. The molecule has 0 radical (unpaired) electrons. The quantitative estimate of drug-likeness (QED) is 0.712. The molecule has 2 unspecified atom stereocenters. The van der Waals surface area contributed by atoms with Crippen LogP contribution >= 0.6 is 0 Å². The summed E-state index contributed by atoms with van der Waals surface area (Å²) in [7, 11) is 0. The highest BCUT2D eigenvalue weighted by atomic mass is 16.4. The van der Waals surface area contributed by atoms with E-state index in [0.717, 1.165) is 34.2 Å². The Bertz CT molecular complexity index is 847. The van der Waals surface area contributed by atoms with Crippen molar-refractivity contribution in [3.05, 3.63) is 38.2 Å². The van der Waals surface area contributed by atoms with E-state index < -0.39 is 0 Å². The first-order valence-corrected chi connectivity index (χ1v) is 8.63. The Morgan fingerprint density at radius 3 is 2.30 bits per heavy atom. The van der Waals surface area contributed by atoms with Gasteiger partial charge in [0.25, 0.3) is 0 Å². The van der Waals surface area contributed by atoms with Crippen molar-refractivity contribution in [2.75, 3.05) is 11.4 Å². The predicted octanol–water partition coefficient (Wildman–Crippen LogP) is 4.75. The zero-order chi connectivity index (χ0) is 17.0. The monoisotopic (exact) mass is 313 g/mol. The fourth-order valence-electron chi connectivity index (χ4n) is 4.49. The van der Waals surface area contributed by atoms with E-state index in [1.54, 1.807) is 0 Å². The lowest BCUT2D eigenvalue weighted by Crippen LogP contribution is -2.39. The normalized spacial score (nSPS) is 20.9. The zero-order valence-corrected chi connectivity index (χ0v) is 15.3. The van der Waals surface area contributed by atoms with Crippen LogP contribution in [0, 0.1) is 27.7 Å². The molecule has 0 fully saturated rings. The second kappa shape index (κ2) is 5.40. The Morgan fingerprint density at radius 2 is 1.70 bits per heavy atom. The minimum absolute atomic E-state index is 0.211. The number of hydrogen-bond acceptors (Lipinski definition) is 3. The van der Waals surface area contributed by atoms with Crippen LogP contribution in [0.1, 0.15) is 60.9 Å². The molecule has 0 saturated carbocycles. The van der Waals surface area contributed by atoms with Gasteiger partial charge in [-0.3, -0.25) is 0 Å². The molecule has 0 bridgehead atoms. The summed E-state index contributed by atoms with van der Waals surface area (Å²) >= 11 is 0. The van der Waals surface area contributed by atoms with Gasteiger partial charge in [-0.25, -0.2) is 4.79 Å². The summed E-state index contributed by atoms with van der Waals surface area (Å²) in [6.07, 6.45) is 1.17. The van der Waals surface area contributed by atoms with Crippen molar-refractivity contribution in [1.29, 1.82) is 0 Å². The maximum absolute atomic E-state index is 12.2. The number of rotatable bonds is 1. The van der Waals surface area contributed by atoms with Gasteiger partial charge in [-0.15, -0.1) is 0 Å². The van der Waals surface area contributed by atoms with Crippen molar-refractivity contribution in [3.8, 4) is 0 Å². The fraction of sp³-hybridized carbons (Fsp3) is 0.550. The van der Waals surface area contributed by atoms with Crippen LogP contribution in [-0.2, 0) is 0 Å². The molecular formula is C20H27NO2. The summed E-state index contributed by atoms with van der Waals surface area (Å²) in [6.45, 7) is 16.0. The topological polar surface area (TPSA) is 33.5 Å². The van der Waals surface area contributed by atoms with Crippen LogP contribution in [0.15, 0.2) is 9.21 Å². The Hall–Kier alpha value is -1.77. The molecule has 3 heteroatoms. The molecule has 124 valence electrons. The van der Waals surface area contributed by atoms with E-state index in [4.69, 9.17) is 4.42 Å². The third-order valence-electron chi connectivity index (χ3n) is 5.74. The highest BCUT2D eigenvalue weighted by Gasteiger charge is 2.32. The average Bonchev–Trinajstić information content (AvgIpc) is 2.49. The molecule has 0 amide bonds. The summed E-state index contributed by atoms with van der Waals surface area (Å²) < 4.78 is 5.73. The largest absolute Gasteiger partial charge is 0.422 e. The van der Waals surface area contributed by atoms with Crippen molar-refractivity contribution in [3.63, 3.8) is 0 Å². The molecule has 1 aliphatic heterocycles. The lowest BCUT2D eigenvalue weighted by molar-refractivity contribution is 0.509. The van der Waals surface area contributed by atoms with E-state index in [2.05, 4.69) is 39.5 Å². The molecule has 3 rings (SSSR count). The van der Waals surface area contributed by atoms with E-state index in [1.165, 1.54) is 23.2 Å². The smallest absolute Gasteiger partial charge is 0.339 e. The van der Waals surface area contributed by atoms with Crippen molar-refractivity contribution in [2.24, 2.45) is 0 Å². The Kier molecular flexibility index (Phi) is 3.78. The van der Waals surface area contributed by atoms with Gasteiger partial charge in [0.15, 0.2) is 0 Å². The van der Waals surface area contributed by atoms with Crippen molar-refractivity contribution in [2.45, 2.75) is 66.8 Å². The van der Waals surface area contributed by atoms with Crippen LogP contribution in [0.5, 0.6) is 0 Å². The Labute approximate surface area is 138 Å². The number of aryl methyl sites for hydroxylation is 3.